The molecule has 3 amide bonds. The number of nitrogens with one attached hydrogen (secondary N) is 1. The van der Waals surface area contributed by atoms with Crippen LogP contribution in [0.4, 0.5) is 11.4 Å². The Kier molecular flexibility index (Phi) is 7.18. The van der Waals surface area contributed by atoms with Crippen LogP contribution in [0.3, 0.4) is 0 Å². The van der Waals surface area contributed by atoms with E-state index in [1.54, 1.807) is 36.4 Å². The fourth-order valence-corrected chi connectivity index (χ4v) is 7.19. The molecule has 1 N–H and O–H groups in total. The van der Waals surface area contributed by atoms with Gasteiger partial charge < -0.3 is 14.8 Å². The van der Waals surface area contributed by atoms with Crippen LogP contribution >= 0.6 is 0 Å². The highest BCUT2D eigenvalue weighted by Crippen LogP contribution is 2.61. The number of benzene rings is 4. The Morgan fingerprint density at radius 2 is 1.36 bits per heavy atom. The van der Waals surface area contributed by atoms with E-state index in [0.717, 1.165) is 12.8 Å². The Labute approximate surface area is 254 Å². The van der Waals surface area contributed by atoms with Crippen molar-refractivity contribution in [1.29, 1.82) is 0 Å². The molecule has 0 spiro atoms. The van der Waals surface area contributed by atoms with Crippen molar-refractivity contribution in [3.05, 3.63) is 120 Å². The van der Waals surface area contributed by atoms with Crippen LogP contribution in [0.5, 0.6) is 11.5 Å². The Hall–Kier alpha value is -5.24. The second-order valence-electron chi connectivity index (χ2n) is 11.6. The van der Waals surface area contributed by atoms with E-state index in [9.17, 15) is 19.2 Å². The van der Waals surface area contributed by atoms with Crippen molar-refractivity contribution in [2.75, 3.05) is 16.8 Å². The molecule has 4 aromatic carbocycles. The number of para-hydroxylation sites is 1. The van der Waals surface area contributed by atoms with Crippen molar-refractivity contribution in [2.45, 2.75) is 18.8 Å². The summed E-state index contributed by atoms with van der Waals surface area (Å²) in [5.74, 6) is -0.0691. The molecule has 5 atom stereocenters. The van der Waals surface area contributed by atoms with E-state index in [0.29, 0.717) is 28.8 Å². The van der Waals surface area contributed by atoms with Gasteiger partial charge in [0.2, 0.25) is 11.8 Å². The molecule has 4 aromatic rings. The second kappa shape index (κ2) is 11.4. The largest absolute Gasteiger partial charge is 0.457 e. The predicted octanol–water partition coefficient (Wildman–Crippen LogP) is 6.20. The van der Waals surface area contributed by atoms with Gasteiger partial charge in [-0.05, 0) is 96.8 Å². The van der Waals surface area contributed by atoms with Gasteiger partial charge in [-0.2, -0.15) is 0 Å². The van der Waals surface area contributed by atoms with Crippen LogP contribution < -0.4 is 15.0 Å². The van der Waals surface area contributed by atoms with E-state index < -0.39 is 18.5 Å². The van der Waals surface area contributed by atoms with Crippen LogP contribution in [0.15, 0.2) is 109 Å². The lowest BCUT2D eigenvalue weighted by Gasteiger charge is -2.28. The number of hydrogen-bond donors (Lipinski definition) is 1. The van der Waals surface area contributed by atoms with Gasteiger partial charge in [0.15, 0.2) is 6.61 Å². The lowest BCUT2D eigenvalue weighted by atomic mass is 9.73. The fraction of sp³-hybridized carbons (Fsp3) is 0.222. The number of rotatable bonds is 8. The summed E-state index contributed by atoms with van der Waals surface area (Å²) >= 11 is 0. The van der Waals surface area contributed by atoms with Crippen LogP contribution in [-0.2, 0) is 19.1 Å². The Balaban J connectivity index is 0.937. The highest BCUT2D eigenvalue weighted by Gasteiger charge is 2.64. The summed E-state index contributed by atoms with van der Waals surface area (Å²) in [7, 11) is 0. The number of nitrogens with zero attached hydrogens (tertiary/aromatic N) is 1. The number of fused-ring (bicyclic) bond motifs is 5. The van der Waals surface area contributed by atoms with Gasteiger partial charge in [0, 0.05) is 5.69 Å². The maximum Gasteiger partial charge on any atom is 0.338 e. The number of anilines is 2. The smallest absolute Gasteiger partial charge is 0.338 e. The third kappa shape index (κ3) is 5.13. The van der Waals surface area contributed by atoms with Crippen LogP contribution in [0.2, 0.25) is 0 Å². The van der Waals surface area contributed by atoms with E-state index in [1.807, 2.05) is 48.5 Å². The summed E-state index contributed by atoms with van der Waals surface area (Å²) in [6.07, 6.45) is 1.83. The van der Waals surface area contributed by atoms with Crippen molar-refractivity contribution >= 4 is 35.1 Å². The van der Waals surface area contributed by atoms with Crippen molar-refractivity contribution in [2.24, 2.45) is 23.7 Å². The number of ether oxygens (including phenoxy) is 2. The summed E-state index contributed by atoms with van der Waals surface area (Å²) in [6, 6.07) is 32.6. The molecule has 1 heterocycles. The Morgan fingerprint density at radius 1 is 0.727 bits per heavy atom. The summed E-state index contributed by atoms with van der Waals surface area (Å²) < 4.78 is 10.9. The monoisotopic (exact) mass is 586 g/mol. The molecule has 8 nitrogen and oxygen atoms in total. The maximum atomic E-state index is 13.6. The van der Waals surface area contributed by atoms with Crippen LogP contribution in [-0.4, -0.2) is 30.3 Å². The van der Waals surface area contributed by atoms with Crippen LogP contribution in [0.1, 0.15) is 34.7 Å². The summed E-state index contributed by atoms with van der Waals surface area (Å²) in [4.78, 5) is 53.3. The van der Waals surface area contributed by atoms with Gasteiger partial charge in [0.25, 0.3) is 5.91 Å². The minimum absolute atomic E-state index is 0.148. The highest BCUT2D eigenvalue weighted by atomic mass is 16.5. The molecule has 3 aliphatic rings. The SMILES string of the molecule is O=C(COC(=O)c1ccc(N2C(=O)[C@@H]3[C@@H]4C[C@@H]([C@H]3C2=O)[C@H](c2ccccc2)C4)cc1)Nc1ccc(Oc2ccccc2)cc1. The molecule has 2 saturated carbocycles. The zero-order valence-electron chi connectivity index (χ0n) is 23.8. The van der Waals surface area contributed by atoms with Crippen molar-refractivity contribution < 1.29 is 28.7 Å². The zero-order chi connectivity index (χ0) is 30.2. The molecular formula is C36H30N2O6. The van der Waals surface area contributed by atoms with Gasteiger partial charge in [-0.1, -0.05) is 48.5 Å². The molecule has 1 aliphatic heterocycles. The molecule has 44 heavy (non-hydrogen) atoms. The van der Waals surface area contributed by atoms with Crippen LogP contribution in [0.25, 0.3) is 0 Å². The van der Waals surface area contributed by atoms with Gasteiger partial charge in [-0.3, -0.25) is 19.3 Å². The average Bonchev–Trinajstić information content (AvgIpc) is 3.73. The second-order valence-corrected chi connectivity index (χ2v) is 11.6. The molecule has 0 aromatic heterocycles. The molecule has 1 saturated heterocycles. The van der Waals surface area contributed by atoms with Crippen molar-refractivity contribution in [1.82, 2.24) is 0 Å². The quantitative estimate of drug-likeness (QED) is 0.195. The predicted molar refractivity (Wildman–Crippen MR) is 163 cm³/mol. The van der Waals surface area contributed by atoms with Gasteiger partial charge in [-0.15, -0.1) is 0 Å². The molecule has 220 valence electrons. The van der Waals surface area contributed by atoms with E-state index in [2.05, 4.69) is 17.4 Å². The summed E-state index contributed by atoms with van der Waals surface area (Å²) in [5, 5.41) is 2.69. The topological polar surface area (TPSA) is 102 Å². The van der Waals surface area contributed by atoms with Gasteiger partial charge >= 0.3 is 5.97 Å². The lowest BCUT2D eigenvalue weighted by Crippen LogP contribution is -2.33. The Bertz CT molecular complexity index is 1710. The van der Waals surface area contributed by atoms with E-state index >= 15 is 0 Å². The third-order valence-corrected chi connectivity index (χ3v) is 9.06. The standard InChI is InChI=1S/C36H30N2O6/c39-31(37-25-13-17-28(18-14-25)44-27-9-5-2-6-10-27)21-43-36(42)23-11-15-26(16-12-23)38-34(40)32-24-19-29(22-7-3-1-4-8-22)30(20-24)33(32)35(38)41/h1-18,24,29-30,32-33H,19-21H2,(H,37,39)/t24-,29-,30+,32+,33+/m0/s1. The zero-order valence-corrected chi connectivity index (χ0v) is 23.8. The molecule has 3 fully saturated rings. The Morgan fingerprint density at radius 3 is 2.07 bits per heavy atom. The van der Waals surface area contributed by atoms with Gasteiger partial charge in [0.1, 0.15) is 11.5 Å². The lowest BCUT2D eigenvalue weighted by molar-refractivity contribution is -0.123. The van der Waals surface area contributed by atoms with Crippen molar-refractivity contribution in [3.63, 3.8) is 0 Å². The highest BCUT2D eigenvalue weighted by molar-refractivity contribution is 6.22. The maximum absolute atomic E-state index is 13.6. The first-order valence-electron chi connectivity index (χ1n) is 14.8. The summed E-state index contributed by atoms with van der Waals surface area (Å²) in [5.41, 5.74) is 2.43. The number of carbonyl (C=O) groups is 4. The molecule has 7 rings (SSSR count). The minimum Gasteiger partial charge on any atom is -0.457 e. The minimum atomic E-state index is -0.682. The fourth-order valence-electron chi connectivity index (χ4n) is 7.19. The molecule has 2 bridgehead atoms. The van der Waals surface area contributed by atoms with E-state index in [-0.39, 0.29) is 41.0 Å². The summed E-state index contributed by atoms with van der Waals surface area (Å²) in [6.45, 7) is -0.472. The third-order valence-electron chi connectivity index (χ3n) is 9.06. The molecule has 2 aliphatic carbocycles. The molecule has 0 unspecified atom stereocenters. The first kappa shape index (κ1) is 27.6. The number of amides is 3. The number of imide groups is 1. The first-order valence-corrected chi connectivity index (χ1v) is 14.8. The number of esters is 1. The van der Waals surface area contributed by atoms with E-state index in [1.165, 1.54) is 22.6 Å². The molecule has 0 radical (unpaired) electrons. The van der Waals surface area contributed by atoms with Crippen LogP contribution in [0, 0.1) is 23.7 Å². The van der Waals surface area contributed by atoms with Gasteiger partial charge in [-0.25, -0.2) is 4.79 Å². The van der Waals surface area contributed by atoms with E-state index in [4.69, 9.17) is 9.47 Å². The molecule has 8 heteroatoms. The number of carbonyl (C=O) groups excluding carboxylic acids is 4. The normalized spacial score (nSPS) is 23.4. The van der Waals surface area contributed by atoms with Gasteiger partial charge in [0.05, 0.1) is 23.1 Å². The molecular weight excluding hydrogens is 556 g/mol. The first-order chi connectivity index (χ1) is 21.5. The average molecular weight is 587 g/mol. The number of hydrogen-bond acceptors (Lipinski definition) is 6. The van der Waals surface area contributed by atoms with Crippen molar-refractivity contribution in [3.8, 4) is 11.5 Å².